The summed E-state index contributed by atoms with van der Waals surface area (Å²) >= 11 is 7.79. The molecule has 28 heavy (non-hydrogen) atoms. The summed E-state index contributed by atoms with van der Waals surface area (Å²) < 4.78 is 7.68. The Labute approximate surface area is 182 Å². The van der Waals surface area contributed by atoms with E-state index in [-0.39, 0.29) is 17.7 Å². The third-order valence-electron chi connectivity index (χ3n) is 4.19. The summed E-state index contributed by atoms with van der Waals surface area (Å²) in [6, 6.07) is 18.9. The van der Waals surface area contributed by atoms with Crippen molar-refractivity contribution < 1.29 is 14.0 Å². The number of rotatable bonds is 4. The number of halogens is 2. The van der Waals surface area contributed by atoms with Crippen molar-refractivity contribution >= 4 is 60.8 Å². The number of nitrogens with zero attached hydrogens (tertiary/aromatic N) is 1. The van der Waals surface area contributed by atoms with Crippen LogP contribution in [0.5, 0.6) is 0 Å². The standard InChI is InChI=1S/C21H13Br2NO3S/c22-15-7-5-13(6-8-15)18-10-9-16(27-18)11-19-20(25)24(21(26)28-19)12-14-3-1-2-4-17(14)23/h1-11H,12H2/b19-11-. The molecule has 0 N–H and O–H groups in total. The molecule has 140 valence electrons. The van der Waals surface area contributed by atoms with E-state index in [1.54, 1.807) is 12.1 Å². The quantitative estimate of drug-likeness (QED) is 0.360. The number of imide groups is 1. The smallest absolute Gasteiger partial charge is 0.293 e. The minimum absolute atomic E-state index is 0.228. The number of furan rings is 1. The Balaban J connectivity index is 1.54. The van der Waals surface area contributed by atoms with Crippen LogP contribution >= 0.6 is 43.6 Å². The van der Waals surface area contributed by atoms with E-state index in [9.17, 15) is 9.59 Å². The summed E-state index contributed by atoms with van der Waals surface area (Å²) in [5.41, 5.74) is 1.81. The van der Waals surface area contributed by atoms with Crippen molar-refractivity contribution in [3.05, 3.63) is 85.8 Å². The fourth-order valence-corrected chi connectivity index (χ4v) is 4.26. The summed E-state index contributed by atoms with van der Waals surface area (Å²) in [6.07, 6.45) is 1.62. The second-order valence-corrected chi connectivity index (χ2v) is 8.83. The van der Waals surface area contributed by atoms with Crippen molar-refractivity contribution in [2.75, 3.05) is 0 Å². The maximum absolute atomic E-state index is 12.7. The number of hydrogen-bond acceptors (Lipinski definition) is 4. The fourth-order valence-electron chi connectivity index (χ4n) is 2.76. The van der Waals surface area contributed by atoms with Crippen LogP contribution in [0.1, 0.15) is 11.3 Å². The molecule has 2 aromatic carbocycles. The summed E-state index contributed by atoms with van der Waals surface area (Å²) in [5.74, 6) is 0.919. The molecule has 4 nitrogen and oxygen atoms in total. The molecule has 2 heterocycles. The van der Waals surface area contributed by atoms with E-state index in [4.69, 9.17) is 4.42 Å². The van der Waals surface area contributed by atoms with Crippen LogP contribution in [-0.2, 0) is 11.3 Å². The van der Waals surface area contributed by atoms with E-state index >= 15 is 0 Å². The molecule has 1 fully saturated rings. The van der Waals surface area contributed by atoms with Gasteiger partial charge in [0.05, 0.1) is 11.4 Å². The van der Waals surface area contributed by atoms with Crippen LogP contribution in [0.4, 0.5) is 4.79 Å². The molecule has 4 rings (SSSR count). The minimum Gasteiger partial charge on any atom is -0.457 e. The van der Waals surface area contributed by atoms with Crippen LogP contribution in [0.25, 0.3) is 17.4 Å². The van der Waals surface area contributed by atoms with Gasteiger partial charge >= 0.3 is 0 Å². The fraction of sp³-hybridized carbons (Fsp3) is 0.0476. The van der Waals surface area contributed by atoms with Crippen LogP contribution < -0.4 is 0 Å². The van der Waals surface area contributed by atoms with Crippen LogP contribution in [-0.4, -0.2) is 16.0 Å². The summed E-state index contributed by atoms with van der Waals surface area (Å²) in [5, 5.41) is -0.285. The maximum Gasteiger partial charge on any atom is 0.293 e. The zero-order valence-electron chi connectivity index (χ0n) is 14.4. The molecule has 0 unspecified atom stereocenters. The minimum atomic E-state index is -0.313. The highest BCUT2D eigenvalue weighted by Crippen LogP contribution is 2.35. The second-order valence-electron chi connectivity index (χ2n) is 6.07. The molecule has 1 aliphatic rings. The van der Waals surface area contributed by atoms with E-state index in [1.807, 2.05) is 54.6 Å². The molecule has 0 bridgehead atoms. The molecule has 3 aromatic rings. The first-order valence-corrected chi connectivity index (χ1v) is 10.8. The van der Waals surface area contributed by atoms with Crippen molar-refractivity contribution in [1.29, 1.82) is 0 Å². The first-order valence-electron chi connectivity index (χ1n) is 8.36. The van der Waals surface area contributed by atoms with Gasteiger partial charge in [0.2, 0.25) is 0 Å². The SMILES string of the molecule is O=C1S/C(=C\c2ccc(-c3ccc(Br)cc3)o2)C(=O)N1Cc1ccccc1Br. The lowest BCUT2D eigenvalue weighted by Crippen LogP contribution is -2.27. The molecular weight excluding hydrogens is 506 g/mol. The van der Waals surface area contributed by atoms with Crippen molar-refractivity contribution in [3.8, 4) is 11.3 Å². The van der Waals surface area contributed by atoms with Gasteiger partial charge in [-0.15, -0.1) is 0 Å². The Kier molecular flexibility index (Phi) is 5.57. The van der Waals surface area contributed by atoms with Crippen molar-refractivity contribution in [2.24, 2.45) is 0 Å². The number of carbonyl (C=O) groups is 2. The topological polar surface area (TPSA) is 50.5 Å². The Morgan fingerprint density at radius 2 is 1.71 bits per heavy atom. The van der Waals surface area contributed by atoms with Gasteiger partial charge in [0.25, 0.3) is 11.1 Å². The number of thioether (sulfide) groups is 1. The van der Waals surface area contributed by atoms with Crippen molar-refractivity contribution in [1.82, 2.24) is 4.90 Å². The van der Waals surface area contributed by atoms with Gasteiger partial charge in [0, 0.05) is 20.6 Å². The molecule has 2 amide bonds. The molecule has 1 aliphatic heterocycles. The Morgan fingerprint density at radius 1 is 0.964 bits per heavy atom. The van der Waals surface area contributed by atoms with Crippen LogP contribution in [0.2, 0.25) is 0 Å². The van der Waals surface area contributed by atoms with Crippen molar-refractivity contribution in [2.45, 2.75) is 6.54 Å². The predicted molar refractivity (Wildman–Crippen MR) is 118 cm³/mol. The lowest BCUT2D eigenvalue weighted by molar-refractivity contribution is -0.123. The summed E-state index contributed by atoms with van der Waals surface area (Å²) in [7, 11) is 0. The van der Waals surface area contributed by atoms with E-state index in [0.717, 1.165) is 31.8 Å². The highest BCUT2D eigenvalue weighted by Gasteiger charge is 2.35. The van der Waals surface area contributed by atoms with Gasteiger partial charge in [-0.3, -0.25) is 14.5 Å². The highest BCUT2D eigenvalue weighted by atomic mass is 79.9. The number of hydrogen-bond donors (Lipinski definition) is 0. The molecule has 0 spiro atoms. The Bertz CT molecular complexity index is 1090. The highest BCUT2D eigenvalue weighted by molar-refractivity contribution is 9.10. The van der Waals surface area contributed by atoms with Gasteiger partial charge in [-0.2, -0.15) is 0 Å². The lowest BCUT2D eigenvalue weighted by Gasteiger charge is -2.13. The molecule has 0 atom stereocenters. The van der Waals surface area contributed by atoms with Crippen LogP contribution in [0.3, 0.4) is 0 Å². The number of amides is 2. The number of carbonyl (C=O) groups excluding carboxylic acids is 2. The monoisotopic (exact) mass is 517 g/mol. The average molecular weight is 519 g/mol. The summed E-state index contributed by atoms with van der Waals surface area (Å²) in [4.78, 5) is 26.6. The van der Waals surface area contributed by atoms with Gasteiger partial charge in [0.15, 0.2) is 0 Å². The summed E-state index contributed by atoms with van der Waals surface area (Å²) in [6.45, 7) is 0.228. The van der Waals surface area contributed by atoms with Gasteiger partial charge in [-0.1, -0.05) is 62.2 Å². The molecular formula is C21H13Br2NO3S. The molecule has 0 radical (unpaired) electrons. The molecule has 1 aromatic heterocycles. The van der Waals surface area contributed by atoms with Gasteiger partial charge in [-0.25, -0.2) is 0 Å². The number of benzene rings is 2. The second kappa shape index (κ2) is 8.11. The largest absolute Gasteiger partial charge is 0.457 e. The van der Waals surface area contributed by atoms with Crippen LogP contribution in [0, 0.1) is 0 Å². The van der Waals surface area contributed by atoms with Gasteiger partial charge < -0.3 is 4.42 Å². The maximum atomic E-state index is 12.7. The van der Waals surface area contributed by atoms with Gasteiger partial charge in [-0.05, 0) is 47.7 Å². The Hall–Kier alpha value is -2.09. The Morgan fingerprint density at radius 3 is 2.46 bits per heavy atom. The van der Waals surface area contributed by atoms with Gasteiger partial charge in [0.1, 0.15) is 11.5 Å². The first-order chi connectivity index (χ1) is 13.5. The van der Waals surface area contributed by atoms with E-state index in [0.29, 0.717) is 16.4 Å². The van der Waals surface area contributed by atoms with E-state index < -0.39 is 0 Å². The molecule has 0 aliphatic carbocycles. The van der Waals surface area contributed by atoms with E-state index in [2.05, 4.69) is 31.9 Å². The predicted octanol–water partition coefficient (Wildman–Crippen LogP) is 6.71. The average Bonchev–Trinajstić information content (AvgIpc) is 3.24. The zero-order chi connectivity index (χ0) is 19.7. The molecule has 1 saturated heterocycles. The third-order valence-corrected chi connectivity index (χ3v) is 6.40. The lowest BCUT2D eigenvalue weighted by atomic mass is 10.2. The normalized spacial score (nSPS) is 15.6. The molecule has 0 saturated carbocycles. The third kappa shape index (κ3) is 4.01. The van der Waals surface area contributed by atoms with E-state index in [1.165, 1.54) is 4.90 Å². The molecule has 7 heteroatoms. The zero-order valence-corrected chi connectivity index (χ0v) is 18.4. The van der Waals surface area contributed by atoms with Crippen LogP contribution in [0.15, 0.2) is 78.9 Å². The van der Waals surface area contributed by atoms with Crippen molar-refractivity contribution in [3.63, 3.8) is 0 Å². The first kappa shape index (κ1) is 19.2.